The molecule has 0 saturated heterocycles. The molecule has 1 fully saturated rings. The second-order valence-corrected chi connectivity index (χ2v) is 5.51. The third kappa shape index (κ3) is 2.90. The third-order valence-electron chi connectivity index (χ3n) is 3.37. The molecule has 1 aliphatic carbocycles. The van der Waals surface area contributed by atoms with Crippen molar-refractivity contribution in [1.29, 1.82) is 0 Å². The van der Waals surface area contributed by atoms with E-state index in [4.69, 9.17) is 5.84 Å². The van der Waals surface area contributed by atoms with E-state index in [0.717, 1.165) is 30.2 Å². The molecule has 0 aliphatic heterocycles. The van der Waals surface area contributed by atoms with Crippen LogP contribution < -0.4 is 16.6 Å². The van der Waals surface area contributed by atoms with Gasteiger partial charge in [0.05, 0.1) is 16.6 Å². The average Bonchev–Trinajstić information content (AvgIpc) is 2.42. The normalized spacial score (nSPS) is 18.4. The lowest BCUT2D eigenvalue weighted by Crippen LogP contribution is -2.44. The molecule has 0 spiro atoms. The SMILES string of the molecule is NNc1ncc(Br)c(NC2(CO)CCCCC2)n1. The molecule has 1 aromatic rings. The van der Waals surface area contributed by atoms with Crippen molar-refractivity contribution in [2.75, 3.05) is 17.3 Å². The highest BCUT2D eigenvalue weighted by Gasteiger charge is 2.32. The van der Waals surface area contributed by atoms with E-state index in [1.807, 2.05) is 0 Å². The van der Waals surface area contributed by atoms with Gasteiger partial charge in [-0.05, 0) is 28.8 Å². The smallest absolute Gasteiger partial charge is 0.239 e. The lowest BCUT2D eigenvalue weighted by Gasteiger charge is -2.37. The molecule has 18 heavy (non-hydrogen) atoms. The predicted octanol–water partition coefficient (Wildman–Crippen LogP) is 1.63. The fraction of sp³-hybridized carbons (Fsp3) is 0.636. The second kappa shape index (κ2) is 5.81. The molecule has 0 amide bonds. The Morgan fingerprint density at radius 2 is 2.11 bits per heavy atom. The summed E-state index contributed by atoms with van der Waals surface area (Å²) < 4.78 is 0.764. The van der Waals surface area contributed by atoms with Crippen LogP contribution in [0.5, 0.6) is 0 Å². The molecule has 0 atom stereocenters. The van der Waals surface area contributed by atoms with Crippen molar-refractivity contribution < 1.29 is 5.11 Å². The maximum Gasteiger partial charge on any atom is 0.239 e. The Labute approximate surface area is 114 Å². The van der Waals surface area contributed by atoms with Crippen LogP contribution in [0.2, 0.25) is 0 Å². The highest BCUT2D eigenvalue weighted by atomic mass is 79.9. The standard InChI is InChI=1S/C11H18BrN5O/c12-8-6-14-10(17-13)15-9(8)16-11(7-18)4-2-1-3-5-11/h6,18H,1-5,7,13H2,(H2,14,15,16,17). The molecule has 6 nitrogen and oxygen atoms in total. The minimum Gasteiger partial charge on any atom is -0.394 e. The Bertz CT molecular complexity index is 408. The number of nitrogens with zero attached hydrogens (tertiary/aromatic N) is 2. The summed E-state index contributed by atoms with van der Waals surface area (Å²) in [7, 11) is 0. The number of hydrogen-bond acceptors (Lipinski definition) is 6. The molecule has 0 aromatic carbocycles. The van der Waals surface area contributed by atoms with Gasteiger partial charge in [-0.2, -0.15) is 4.98 Å². The van der Waals surface area contributed by atoms with E-state index in [1.54, 1.807) is 6.20 Å². The maximum atomic E-state index is 9.66. The molecule has 1 aliphatic rings. The van der Waals surface area contributed by atoms with Crippen LogP contribution >= 0.6 is 15.9 Å². The minimum atomic E-state index is -0.277. The van der Waals surface area contributed by atoms with E-state index < -0.39 is 0 Å². The number of nitrogens with one attached hydrogen (secondary N) is 2. The van der Waals surface area contributed by atoms with Gasteiger partial charge in [-0.3, -0.25) is 5.43 Å². The van der Waals surface area contributed by atoms with E-state index in [-0.39, 0.29) is 12.1 Å². The molecular weight excluding hydrogens is 298 g/mol. The van der Waals surface area contributed by atoms with Gasteiger partial charge in [-0.25, -0.2) is 10.8 Å². The van der Waals surface area contributed by atoms with Crippen LogP contribution in [0.1, 0.15) is 32.1 Å². The average molecular weight is 316 g/mol. The summed E-state index contributed by atoms with van der Waals surface area (Å²) in [4.78, 5) is 8.26. The first-order valence-corrected chi connectivity index (χ1v) is 6.87. The number of hydrazine groups is 1. The van der Waals surface area contributed by atoms with Crippen molar-refractivity contribution >= 4 is 27.7 Å². The largest absolute Gasteiger partial charge is 0.394 e. The van der Waals surface area contributed by atoms with E-state index in [1.165, 1.54) is 6.42 Å². The van der Waals surface area contributed by atoms with Gasteiger partial charge in [-0.15, -0.1) is 0 Å². The number of anilines is 2. The molecule has 0 unspecified atom stereocenters. The summed E-state index contributed by atoms with van der Waals surface area (Å²) in [5.41, 5.74) is 2.14. The zero-order valence-electron chi connectivity index (χ0n) is 10.1. The van der Waals surface area contributed by atoms with Gasteiger partial charge in [0.25, 0.3) is 0 Å². The number of halogens is 1. The van der Waals surface area contributed by atoms with Crippen LogP contribution in [0.25, 0.3) is 0 Å². The quantitative estimate of drug-likeness (QED) is 0.498. The highest BCUT2D eigenvalue weighted by Crippen LogP contribution is 2.33. The number of aliphatic hydroxyl groups excluding tert-OH is 1. The number of aliphatic hydroxyl groups is 1. The van der Waals surface area contributed by atoms with Crippen molar-refractivity contribution in [2.24, 2.45) is 5.84 Å². The van der Waals surface area contributed by atoms with Crippen molar-refractivity contribution in [3.63, 3.8) is 0 Å². The molecule has 0 radical (unpaired) electrons. The Hall–Kier alpha value is -0.920. The summed E-state index contributed by atoms with van der Waals surface area (Å²) in [5, 5.41) is 13.0. The lowest BCUT2D eigenvalue weighted by molar-refractivity contribution is 0.172. The van der Waals surface area contributed by atoms with Crippen molar-refractivity contribution in [1.82, 2.24) is 9.97 Å². The molecule has 1 heterocycles. The topological polar surface area (TPSA) is 96.1 Å². The summed E-state index contributed by atoms with van der Waals surface area (Å²) in [6, 6.07) is 0. The van der Waals surface area contributed by atoms with Gasteiger partial charge in [0, 0.05) is 6.20 Å². The van der Waals surface area contributed by atoms with E-state index in [2.05, 4.69) is 36.6 Å². The maximum absolute atomic E-state index is 9.66. The van der Waals surface area contributed by atoms with E-state index in [0.29, 0.717) is 11.8 Å². The number of hydrogen-bond donors (Lipinski definition) is 4. The van der Waals surface area contributed by atoms with Crippen LogP contribution in [-0.2, 0) is 0 Å². The second-order valence-electron chi connectivity index (χ2n) is 4.66. The summed E-state index contributed by atoms with van der Waals surface area (Å²) >= 11 is 3.40. The first-order valence-electron chi connectivity index (χ1n) is 6.07. The molecule has 1 saturated carbocycles. The van der Waals surface area contributed by atoms with Crippen molar-refractivity contribution in [2.45, 2.75) is 37.6 Å². The Balaban J connectivity index is 2.20. The Morgan fingerprint density at radius 1 is 1.39 bits per heavy atom. The number of nitrogen functional groups attached to an aromatic ring is 1. The van der Waals surface area contributed by atoms with Gasteiger partial charge < -0.3 is 10.4 Å². The summed E-state index contributed by atoms with van der Waals surface area (Å²) in [6.45, 7) is 0.106. The molecule has 1 aromatic heterocycles. The van der Waals surface area contributed by atoms with Crippen LogP contribution in [0, 0.1) is 0 Å². The first-order chi connectivity index (χ1) is 8.69. The Kier molecular flexibility index (Phi) is 4.36. The molecular formula is C11H18BrN5O. The molecule has 0 bridgehead atoms. The van der Waals surface area contributed by atoms with Crippen molar-refractivity contribution in [3.05, 3.63) is 10.7 Å². The third-order valence-corrected chi connectivity index (χ3v) is 3.95. The van der Waals surface area contributed by atoms with E-state index >= 15 is 0 Å². The molecule has 7 heteroatoms. The van der Waals surface area contributed by atoms with Gasteiger partial charge >= 0.3 is 0 Å². The van der Waals surface area contributed by atoms with Crippen LogP contribution in [0.4, 0.5) is 11.8 Å². The van der Waals surface area contributed by atoms with Gasteiger partial charge in [-0.1, -0.05) is 19.3 Å². The van der Waals surface area contributed by atoms with Crippen LogP contribution in [-0.4, -0.2) is 27.2 Å². The predicted molar refractivity (Wildman–Crippen MR) is 74.1 cm³/mol. The summed E-state index contributed by atoms with van der Waals surface area (Å²) in [6.07, 6.45) is 7.01. The zero-order chi connectivity index (χ0) is 13.0. The first kappa shape index (κ1) is 13.5. The summed E-state index contributed by atoms with van der Waals surface area (Å²) in [5.74, 6) is 6.31. The number of aromatic nitrogens is 2. The fourth-order valence-electron chi connectivity index (χ4n) is 2.33. The van der Waals surface area contributed by atoms with Gasteiger partial charge in [0.2, 0.25) is 5.95 Å². The minimum absolute atomic E-state index is 0.106. The van der Waals surface area contributed by atoms with Gasteiger partial charge in [0.15, 0.2) is 0 Å². The van der Waals surface area contributed by atoms with Crippen molar-refractivity contribution in [3.8, 4) is 0 Å². The molecule has 100 valence electrons. The lowest BCUT2D eigenvalue weighted by atomic mass is 9.82. The highest BCUT2D eigenvalue weighted by molar-refractivity contribution is 9.10. The Morgan fingerprint density at radius 3 is 2.72 bits per heavy atom. The van der Waals surface area contributed by atoms with Gasteiger partial charge in [0.1, 0.15) is 5.82 Å². The number of rotatable bonds is 4. The monoisotopic (exact) mass is 315 g/mol. The zero-order valence-corrected chi connectivity index (χ0v) is 11.7. The number of nitrogens with two attached hydrogens (primary N) is 1. The van der Waals surface area contributed by atoms with E-state index in [9.17, 15) is 5.11 Å². The van der Waals surface area contributed by atoms with Crippen LogP contribution in [0.3, 0.4) is 0 Å². The fourth-order valence-corrected chi connectivity index (χ4v) is 2.62. The van der Waals surface area contributed by atoms with Crippen LogP contribution in [0.15, 0.2) is 10.7 Å². The molecule has 5 N–H and O–H groups in total. The molecule has 2 rings (SSSR count).